The van der Waals surface area contributed by atoms with E-state index < -0.39 is 5.56 Å². The van der Waals surface area contributed by atoms with Gasteiger partial charge in [0.25, 0.3) is 11.5 Å². The third-order valence-electron chi connectivity index (χ3n) is 4.21. The summed E-state index contributed by atoms with van der Waals surface area (Å²) < 4.78 is 5.56. The largest absolute Gasteiger partial charge is 0.486 e. The number of hydrogen-bond acceptors (Lipinski definition) is 5. The molecule has 2 aromatic rings. The molecule has 1 amide bonds. The van der Waals surface area contributed by atoms with E-state index in [0.717, 1.165) is 19.5 Å². The fourth-order valence-electron chi connectivity index (χ4n) is 2.75. The molecule has 3 rings (SSSR count). The summed E-state index contributed by atoms with van der Waals surface area (Å²) in [5.74, 6) is 0.819. The molecule has 25 heavy (non-hydrogen) atoms. The first-order chi connectivity index (χ1) is 12.1. The van der Waals surface area contributed by atoms with Gasteiger partial charge in [0.05, 0.1) is 0 Å². The van der Waals surface area contributed by atoms with Crippen LogP contribution in [-0.2, 0) is 6.61 Å². The lowest BCUT2D eigenvalue weighted by atomic mass is 10.2. The van der Waals surface area contributed by atoms with E-state index in [1.807, 2.05) is 37.4 Å². The number of ether oxygens (including phenoxy) is 1. The Kier molecular flexibility index (Phi) is 5.45. The van der Waals surface area contributed by atoms with Crippen LogP contribution in [0.25, 0.3) is 0 Å². The van der Waals surface area contributed by atoms with E-state index in [0.29, 0.717) is 24.7 Å². The van der Waals surface area contributed by atoms with Gasteiger partial charge in [-0.15, -0.1) is 0 Å². The fraction of sp³-hybridized carbons (Fsp3) is 0.389. The maximum absolute atomic E-state index is 12.6. The maximum atomic E-state index is 12.6. The van der Waals surface area contributed by atoms with Gasteiger partial charge in [-0.05, 0) is 32.1 Å². The van der Waals surface area contributed by atoms with Crippen molar-refractivity contribution in [1.82, 2.24) is 19.8 Å². The number of rotatable bonds is 4. The average Bonchev–Trinajstić information content (AvgIpc) is 2.85. The second-order valence-electron chi connectivity index (χ2n) is 6.12. The SMILES string of the molecule is CN1CCCN(C(=O)c2cnc(COc3ccccc3)[nH]c2=O)CC1. The molecule has 0 saturated carbocycles. The van der Waals surface area contributed by atoms with Crippen molar-refractivity contribution in [1.29, 1.82) is 0 Å². The normalized spacial score (nSPS) is 15.6. The summed E-state index contributed by atoms with van der Waals surface area (Å²) in [6.45, 7) is 3.17. The van der Waals surface area contributed by atoms with Crippen LogP contribution in [0.1, 0.15) is 22.6 Å². The van der Waals surface area contributed by atoms with Crippen molar-refractivity contribution in [3.63, 3.8) is 0 Å². The number of aromatic nitrogens is 2. The number of nitrogens with one attached hydrogen (secondary N) is 1. The number of likely N-dealkylation sites (N-methyl/N-ethyl adjacent to an activating group) is 1. The fourth-order valence-corrected chi connectivity index (χ4v) is 2.75. The zero-order valence-corrected chi connectivity index (χ0v) is 14.3. The molecule has 0 bridgehead atoms. The van der Waals surface area contributed by atoms with Gasteiger partial charge < -0.3 is 19.5 Å². The zero-order valence-electron chi connectivity index (χ0n) is 14.3. The molecule has 132 valence electrons. The third-order valence-corrected chi connectivity index (χ3v) is 4.21. The van der Waals surface area contributed by atoms with Crippen molar-refractivity contribution in [2.24, 2.45) is 0 Å². The monoisotopic (exact) mass is 342 g/mol. The smallest absolute Gasteiger partial charge is 0.263 e. The lowest BCUT2D eigenvalue weighted by Gasteiger charge is -2.20. The Morgan fingerprint density at radius 1 is 1.20 bits per heavy atom. The number of carbonyl (C=O) groups excluding carboxylic acids is 1. The highest BCUT2D eigenvalue weighted by Crippen LogP contribution is 2.10. The summed E-state index contributed by atoms with van der Waals surface area (Å²) in [5, 5.41) is 0. The summed E-state index contributed by atoms with van der Waals surface area (Å²) in [5.41, 5.74) is -0.350. The van der Waals surface area contributed by atoms with Gasteiger partial charge in [0, 0.05) is 25.8 Å². The van der Waals surface area contributed by atoms with Gasteiger partial charge >= 0.3 is 0 Å². The minimum Gasteiger partial charge on any atom is -0.486 e. The molecule has 0 spiro atoms. The molecule has 1 fully saturated rings. The molecule has 0 radical (unpaired) electrons. The summed E-state index contributed by atoms with van der Waals surface area (Å²) >= 11 is 0. The molecule has 1 aliphatic heterocycles. The van der Waals surface area contributed by atoms with Crippen molar-refractivity contribution in [3.05, 3.63) is 58.3 Å². The van der Waals surface area contributed by atoms with Crippen molar-refractivity contribution < 1.29 is 9.53 Å². The first kappa shape index (κ1) is 17.2. The Morgan fingerprint density at radius 3 is 2.76 bits per heavy atom. The van der Waals surface area contributed by atoms with Crippen LogP contribution in [-0.4, -0.2) is 58.9 Å². The lowest BCUT2D eigenvalue weighted by Crippen LogP contribution is -2.37. The Morgan fingerprint density at radius 2 is 2.00 bits per heavy atom. The van der Waals surface area contributed by atoms with Crippen molar-refractivity contribution in [3.8, 4) is 5.75 Å². The molecule has 0 aliphatic carbocycles. The van der Waals surface area contributed by atoms with Gasteiger partial charge in [-0.3, -0.25) is 9.59 Å². The molecular weight excluding hydrogens is 320 g/mol. The highest BCUT2D eigenvalue weighted by Gasteiger charge is 2.21. The molecule has 2 heterocycles. The molecule has 1 saturated heterocycles. The van der Waals surface area contributed by atoms with E-state index >= 15 is 0 Å². The molecule has 1 N–H and O–H groups in total. The van der Waals surface area contributed by atoms with E-state index in [1.165, 1.54) is 6.20 Å². The number of benzene rings is 1. The topological polar surface area (TPSA) is 78.5 Å². The molecule has 0 unspecified atom stereocenters. The number of carbonyl (C=O) groups is 1. The van der Waals surface area contributed by atoms with Crippen LogP contribution < -0.4 is 10.3 Å². The molecular formula is C18H22N4O3. The van der Waals surface area contributed by atoms with Crippen LogP contribution in [0.5, 0.6) is 5.75 Å². The Hall–Kier alpha value is -2.67. The zero-order chi connectivity index (χ0) is 17.6. The average molecular weight is 342 g/mol. The number of H-pyrrole nitrogens is 1. The van der Waals surface area contributed by atoms with Crippen LogP contribution in [0.2, 0.25) is 0 Å². The highest BCUT2D eigenvalue weighted by molar-refractivity contribution is 5.93. The molecule has 1 aromatic heterocycles. The van der Waals surface area contributed by atoms with Crippen LogP contribution in [0.4, 0.5) is 0 Å². The number of nitrogens with zero attached hydrogens (tertiary/aromatic N) is 3. The first-order valence-electron chi connectivity index (χ1n) is 8.37. The van der Waals surface area contributed by atoms with Gasteiger partial charge in [-0.25, -0.2) is 4.98 Å². The molecule has 1 aromatic carbocycles. The second-order valence-corrected chi connectivity index (χ2v) is 6.12. The standard InChI is InChI=1S/C18H22N4O3/c1-21-8-5-9-22(11-10-21)18(24)15-12-19-16(20-17(15)23)13-25-14-6-3-2-4-7-14/h2-4,6-7,12H,5,8-11,13H2,1H3,(H,19,20,23). The number of aromatic amines is 1. The van der Waals surface area contributed by atoms with Crippen molar-refractivity contribution in [2.75, 3.05) is 33.2 Å². The van der Waals surface area contributed by atoms with Crippen molar-refractivity contribution >= 4 is 5.91 Å². The summed E-state index contributed by atoms with van der Waals surface area (Å²) in [6, 6.07) is 9.28. The molecule has 0 atom stereocenters. The predicted molar refractivity (Wildman–Crippen MR) is 93.6 cm³/mol. The van der Waals surface area contributed by atoms with Gasteiger partial charge in [-0.1, -0.05) is 18.2 Å². The van der Waals surface area contributed by atoms with Gasteiger partial charge in [0.15, 0.2) is 0 Å². The van der Waals surface area contributed by atoms with E-state index in [2.05, 4.69) is 14.9 Å². The summed E-state index contributed by atoms with van der Waals surface area (Å²) in [7, 11) is 2.03. The quantitative estimate of drug-likeness (QED) is 0.901. The molecule has 7 heteroatoms. The number of hydrogen-bond donors (Lipinski definition) is 1. The van der Waals surface area contributed by atoms with Gasteiger partial charge in [0.2, 0.25) is 0 Å². The summed E-state index contributed by atoms with van der Waals surface area (Å²) in [4.78, 5) is 35.6. The molecule has 1 aliphatic rings. The van der Waals surface area contributed by atoms with Crippen molar-refractivity contribution in [2.45, 2.75) is 13.0 Å². The first-order valence-corrected chi connectivity index (χ1v) is 8.37. The Bertz CT molecular complexity index is 775. The van der Waals surface area contributed by atoms with Gasteiger partial charge in [0.1, 0.15) is 23.7 Å². The number of amides is 1. The van der Waals surface area contributed by atoms with Crippen LogP contribution in [0.3, 0.4) is 0 Å². The Balaban J connectivity index is 1.67. The predicted octanol–water partition coefficient (Wildman–Crippen LogP) is 1.13. The van der Waals surface area contributed by atoms with Crippen LogP contribution in [0.15, 0.2) is 41.3 Å². The van der Waals surface area contributed by atoms with Gasteiger partial charge in [-0.2, -0.15) is 0 Å². The Labute approximate surface area is 146 Å². The molecule has 7 nitrogen and oxygen atoms in total. The third kappa shape index (κ3) is 4.45. The number of para-hydroxylation sites is 1. The highest BCUT2D eigenvalue weighted by atomic mass is 16.5. The summed E-state index contributed by atoms with van der Waals surface area (Å²) in [6.07, 6.45) is 2.25. The van der Waals surface area contributed by atoms with E-state index in [9.17, 15) is 9.59 Å². The van der Waals surface area contributed by atoms with E-state index in [1.54, 1.807) is 4.90 Å². The minimum atomic E-state index is -0.427. The second kappa shape index (κ2) is 7.94. The maximum Gasteiger partial charge on any atom is 0.263 e. The minimum absolute atomic E-state index is 0.0769. The van der Waals surface area contributed by atoms with E-state index in [4.69, 9.17) is 4.74 Å². The van der Waals surface area contributed by atoms with E-state index in [-0.39, 0.29) is 18.1 Å². The lowest BCUT2D eigenvalue weighted by molar-refractivity contribution is 0.0760. The van der Waals surface area contributed by atoms with Crippen LogP contribution >= 0.6 is 0 Å². The van der Waals surface area contributed by atoms with Crippen LogP contribution in [0, 0.1) is 0 Å².